The Kier molecular flexibility index (Phi) is 6.94. The van der Waals surface area contributed by atoms with Gasteiger partial charge in [0.2, 0.25) is 0 Å². The highest BCUT2D eigenvalue weighted by Crippen LogP contribution is 2.34. The van der Waals surface area contributed by atoms with Gasteiger partial charge in [-0.2, -0.15) is 13.2 Å². The van der Waals surface area contributed by atoms with Gasteiger partial charge in [0.15, 0.2) is 5.96 Å². The zero-order valence-electron chi connectivity index (χ0n) is 14.8. The van der Waals surface area contributed by atoms with Crippen molar-refractivity contribution in [1.82, 2.24) is 15.2 Å². The van der Waals surface area contributed by atoms with Crippen molar-refractivity contribution in [1.29, 1.82) is 0 Å². The SMILES string of the molecule is CCNC(=NCc1ccc(OC)cc1C(F)(F)F)NCCn1cccc1. The summed E-state index contributed by atoms with van der Waals surface area (Å²) in [5.74, 6) is 0.644. The molecule has 0 atom stereocenters. The number of benzene rings is 1. The third-order valence-electron chi connectivity index (χ3n) is 3.70. The molecule has 2 N–H and O–H groups in total. The minimum Gasteiger partial charge on any atom is -0.497 e. The predicted molar refractivity (Wildman–Crippen MR) is 95.2 cm³/mol. The van der Waals surface area contributed by atoms with E-state index in [1.54, 1.807) is 0 Å². The highest BCUT2D eigenvalue weighted by Gasteiger charge is 2.33. The molecule has 0 fully saturated rings. The highest BCUT2D eigenvalue weighted by atomic mass is 19.4. The number of rotatable bonds is 7. The second-order valence-corrected chi connectivity index (χ2v) is 5.56. The molecule has 142 valence electrons. The molecule has 2 aromatic rings. The van der Waals surface area contributed by atoms with Crippen molar-refractivity contribution in [2.24, 2.45) is 4.99 Å². The van der Waals surface area contributed by atoms with Crippen LogP contribution < -0.4 is 15.4 Å². The maximum atomic E-state index is 13.3. The van der Waals surface area contributed by atoms with Crippen LogP contribution in [0.25, 0.3) is 0 Å². The zero-order valence-corrected chi connectivity index (χ0v) is 14.8. The van der Waals surface area contributed by atoms with E-state index in [4.69, 9.17) is 4.74 Å². The number of aliphatic imine (C=N–C) groups is 1. The Hall–Kier alpha value is -2.64. The summed E-state index contributed by atoms with van der Waals surface area (Å²) in [5, 5.41) is 6.16. The normalized spacial score (nSPS) is 12.1. The van der Waals surface area contributed by atoms with Gasteiger partial charge in [-0.05, 0) is 36.8 Å². The van der Waals surface area contributed by atoms with Crippen LogP contribution >= 0.6 is 0 Å². The third kappa shape index (κ3) is 5.72. The van der Waals surface area contributed by atoms with Crippen LogP contribution in [0.1, 0.15) is 18.1 Å². The van der Waals surface area contributed by atoms with E-state index in [0.717, 1.165) is 12.6 Å². The number of aromatic nitrogens is 1. The van der Waals surface area contributed by atoms with E-state index in [0.29, 0.717) is 19.0 Å². The molecule has 26 heavy (non-hydrogen) atoms. The molecule has 0 spiro atoms. The van der Waals surface area contributed by atoms with Crippen LogP contribution in [0.15, 0.2) is 47.7 Å². The number of methoxy groups -OCH3 is 1. The van der Waals surface area contributed by atoms with Crippen molar-refractivity contribution in [2.75, 3.05) is 20.2 Å². The number of nitrogens with one attached hydrogen (secondary N) is 2. The van der Waals surface area contributed by atoms with Crippen LogP contribution in [0.2, 0.25) is 0 Å². The molecule has 1 aromatic heterocycles. The maximum Gasteiger partial charge on any atom is 0.416 e. The molecule has 1 heterocycles. The number of hydrogen-bond acceptors (Lipinski definition) is 2. The lowest BCUT2D eigenvalue weighted by Gasteiger charge is -2.15. The monoisotopic (exact) mass is 368 g/mol. The maximum absolute atomic E-state index is 13.3. The fourth-order valence-corrected chi connectivity index (χ4v) is 2.41. The first kappa shape index (κ1) is 19.7. The molecule has 2 rings (SSSR count). The van der Waals surface area contributed by atoms with E-state index in [-0.39, 0.29) is 17.9 Å². The van der Waals surface area contributed by atoms with E-state index in [1.807, 2.05) is 36.0 Å². The van der Waals surface area contributed by atoms with Gasteiger partial charge in [-0.25, -0.2) is 4.99 Å². The topological polar surface area (TPSA) is 50.6 Å². The Labute approximate surface area is 150 Å². The number of guanidine groups is 1. The van der Waals surface area contributed by atoms with Crippen molar-refractivity contribution in [3.05, 3.63) is 53.9 Å². The summed E-state index contributed by atoms with van der Waals surface area (Å²) >= 11 is 0. The van der Waals surface area contributed by atoms with Crippen molar-refractivity contribution >= 4 is 5.96 Å². The van der Waals surface area contributed by atoms with Crippen LogP contribution in [0.4, 0.5) is 13.2 Å². The molecule has 8 heteroatoms. The smallest absolute Gasteiger partial charge is 0.416 e. The van der Waals surface area contributed by atoms with Crippen LogP contribution in [0.3, 0.4) is 0 Å². The molecule has 0 saturated carbocycles. The number of halogens is 3. The second kappa shape index (κ2) is 9.17. The number of alkyl halides is 3. The molecule has 1 aromatic carbocycles. The summed E-state index contributed by atoms with van der Waals surface area (Å²) in [4.78, 5) is 4.28. The van der Waals surface area contributed by atoms with Gasteiger partial charge in [0, 0.05) is 32.0 Å². The van der Waals surface area contributed by atoms with Gasteiger partial charge in [0.1, 0.15) is 5.75 Å². The minimum atomic E-state index is -4.46. The van der Waals surface area contributed by atoms with Gasteiger partial charge in [-0.3, -0.25) is 0 Å². The summed E-state index contributed by atoms with van der Waals surface area (Å²) < 4.78 is 46.7. The molecule has 0 aliphatic rings. The Morgan fingerprint density at radius 1 is 1.19 bits per heavy atom. The lowest BCUT2D eigenvalue weighted by atomic mass is 10.1. The first-order valence-corrected chi connectivity index (χ1v) is 8.31. The van der Waals surface area contributed by atoms with E-state index < -0.39 is 11.7 Å². The largest absolute Gasteiger partial charge is 0.497 e. The Bertz CT molecular complexity index is 712. The molecule has 0 saturated heterocycles. The average Bonchev–Trinajstić information content (AvgIpc) is 3.12. The molecule has 0 aliphatic heterocycles. The van der Waals surface area contributed by atoms with Gasteiger partial charge in [0.05, 0.1) is 19.2 Å². The quantitative estimate of drug-likeness (QED) is 0.583. The lowest BCUT2D eigenvalue weighted by Crippen LogP contribution is -2.38. The van der Waals surface area contributed by atoms with Crippen LogP contribution in [0.5, 0.6) is 5.75 Å². The molecule has 0 amide bonds. The zero-order chi connectivity index (χ0) is 19.0. The van der Waals surface area contributed by atoms with Crippen molar-refractivity contribution in [3.63, 3.8) is 0 Å². The minimum absolute atomic E-state index is 0.0856. The molecule has 0 unspecified atom stereocenters. The van der Waals surface area contributed by atoms with E-state index >= 15 is 0 Å². The Balaban J connectivity index is 2.08. The van der Waals surface area contributed by atoms with Crippen molar-refractivity contribution in [2.45, 2.75) is 26.2 Å². The molecule has 0 aliphatic carbocycles. The Morgan fingerprint density at radius 3 is 2.54 bits per heavy atom. The number of ether oxygens (including phenoxy) is 1. The van der Waals surface area contributed by atoms with Gasteiger partial charge in [-0.15, -0.1) is 0 Å². The fraction of sp³-hybridized carbons (Fsp3) is 0.389. The summed E-state index contributed by atoms with van der Waals surface area (Å²) in [6, 6.07) is 7.77. The first-order chi connectivity index (χ1) is 12.4. The van der Waals surface area contributed by atoms with Gasteiger partial charge in [0.25, 0.3) is 0 Å². The summed E-state index contributed by atoms with van der Waals surface area (Å²) in [7, 11) is 1.34. The summed E-state index contributed by atoms with van der Waals surface area (Å²) in [6.07, 6.45) is -0.572. The van der Waals surface area contributed by atoms with E-state index in [1.165, 1.54) is 19.2 Å². The standard InChI is InChI=1S/C18H23F3N4O/c1-3-22-17(23-8-11-25-9-4-5-10-25)24-13-14-6-7-15(26-2)12-16(14)18(19,20)21/h4-7,9-10,12H,3,8,11,13H2,1-2H3,(H2,22,23,24). The second-order valence-electron chi connectivity index (χ2n) is 5.56. The summed E-state index contributed by atoms with van der Waals surface area (Å²) in [5.41, 5.74) is -0.635. The van der Waals surface area contributed by atoms with Crippen molar-refractivity contribution in [3.8, 4) is 5.75 Å². The number of nitrogens with zero attached hydrogens (tertiary/aromatic N) is 2. The third-order valence-corrected chi connectivity index (χ3v) is 3.70. The predicted octanol–water partition coefficient (Wildman–Crippen LogP) is 3.27. The van der Waals surface area contributed by atoms with Crippen LogP contribution in [-0.4, -0.2) is 30.7 Å². The van der Waals surface area contributed by atoms with E-state index in [9.17, 15) is 13.2 Å². The first-order valence-electron chi connectivity index (χ1n) is 8.31. The highest BCUT2D eigenvalue weighted by molar-refractivity contribution is 5.79. The molecular weight excluding hydrogens is 345 g/mol. The average molecular weight is 368 g/mol. The molecule has 0 radical (unpaired) electrons. The van der Waals surface area contributed by atoms with Gasteiger partial charge >= 0.3 is 6.18 Å². The Morgan fingerprint density at radius 2 is 1.92 bits per heavy atom. The lowest BCUT2D eigenvalue weighted by molar-refractivity contribution is -0.138. The van der Waals surface area contributed by atoms with E-state index in [2.05, 4.69) is 15.6 Å². The molecule has 0 bridgehead atoms. The molecule has 5 nitrogen and oxygen atoms in total. The fourth-order valence-electron chi connectivity index (χ4n) is 2.41. The van der Waals surface area contributed by atoms with Gasteiger partial charge in [-0.1, -0.05) is 6.07 Å². The van der Waals surface area contributed by atoms with Gasteiger partial charge < -0.3 is 19.9 Å². The van der Waals surface area contributed by atoms with Crippen LogP contribution in [-0.2, 0) is 19.3 Å². The van der Waals surface area contributed by atoms with Crippen LogP contribution in [0, 0.1) is 0 Å². The number of hydrogen-bond donors (Lipinski definition) is 2. The molecular formula is C18H23F3N4O. The van der Waals surface area contributed by atoms with Crippen molar-refractivity contribution < 1.29 is 17.9 Å². The summed E-state index contributed by atoms with van der Waals surface area (Å²) in [6.45, 7) is 3.77.